The minimum Gasteiger partial charge on any atom is -0.297 e. The summed E-state index contributed by atoms with van der Waals surface area (Å²) in [6, 6.07) is 17.7. The molecular formula is C21H21ClN2O2. The number of hydrogen-bond acceptors (Lipinski definition) is 3. The van der Waals surface area contributed by atoms with Crippen molar-refractivity contribution in [2.75, 3.05) is 19.6 Å². The van der Waals surface area contributed by atoms with E-state index in [0.717, 1.165) is 17.7 Å². The number of benzene rings is 2. The Bertz CT molecular complexity index is 783. The van der Waals surface area contributed by atoms with Crippen LogP contribution in [-0.2, 0) is 22.6 Å². The molecule has 2 aromatic carbocycles. The highest BCUT2D eigenvalue weighted by atomic mass is 35.5. The second-order valence-electron chi connectivity index (χ2n) is 7.10. The molecule has 0 bridgehead atoms. The summed E-state index contributed by atoms with van der Waals surface area (Å²) in [6.07, 6.45) is 0.715. The van der Waals surface area contributed by atoms with Gasteiger partial charge in [-0.05, 0) is 29.7 Å². The van der Waals surface area contributed by atoms with E-state index in [1.807, 2.05) is 54.6 Å². The molecule has 2 fully saturated rings. The Hall–Kier alpha value is -2.17. The molecule has 0 unspecified atom stereocenters. The van der Waals surface area contributed by atoms with E-state index in [1.165, 1.54) is 4.90 Å². The summed E-state index contributed by atoms with van der Waals surface area (Å²) in [5, 5.41) is 0.714. The second-order valence-corrected chi connectivity index (χ2v) is 7.53. The standard InChI is InChI=1S/C21H21ClN2O2/c22-17-8-6-16(7-9-17)12-23-13-18-19(14-23)21(26)24(20(18)25)11-10-15-4-2-1-3-5-15/h1-9,18-19H,10-14H2/t18-,19+. The lowest BCUT2D eigenvalue weighted by Crippen LogP contribution is -2.37. The van der Waals surface area contributed by atoms with E-state index in [2.05, 4.69) is 4.90 Å². The predicted molar refractivity (Wildman–Crippen MR) is 101 cm³/mol. The van der Waals surface area contributed by atoms with Crippen LogP contribution in [0.2, 0.25) is 5.02 Å². The molecule has 4 rings (SSSR count). The van der Waals surface area contributed by atoms with Crippen LogP contribution in [-0.4, -0.2) is 41.2 Å². The third-order valence-electron chi connectivity index (χ3n) is 5.35. The van der Waals surface area contributed by atoms with Crippen LogP contribution in [0.4, 0.5) is 0 Å². The molecule has 4 nitrogen and oxygen atoms in total. The predicted octanol–water partition coefficient (Wildman–Crippen LogP) is 3.00. The fourth-order valence-corrected chi connectivity index (χ4v) is 4.10. The maximum atomic E-state index is 12.7. The number of carbonyl (C=O) groups excluding carboxylic acids is 2. The number of likely N-dealkylation sites (tertiary alicyclic amines) is 2. The quantitative estimate of drug-likeness (QED) is 0.762. The molecule has 0 aliphatic carbocycles. The molecule has 0 spiro atoms. The molecule has 0 saturated carbocycles. The first-order chi connectivity index (χ1) is 12.6. The largest absolute Gasteiger partial charge is 0.297 e. The van der Waals surface area contributed by atoms with Gasteiger partial charge in [-0.15, -0.1) is 0 Å². The van der Waals surface area contributed by atoms with Gasteiger partial charge in [0.25, 0.3) is 0 Å². The minimum absolute atomic E-state index is 0.00506. The Morgan fingerprint density at radius 3 is 2.08 bits per heavy atom. The average Bonchev–Trinajstić information content (AvgIpc) is 3.16. The van der Waals surface area contributed by atoms with Crippen LogP contribution in [0.5, 0.6) is 0 Å². The number of fused-ring (bicyclic) bond motifs is 1. The van der Waals surface area contributed by atoms with E-state index in [9.17, 15) is 9.59 Å². The molecule has 2 aromatic rings. The Labute approximate surface area is 158 Å². The molecule has 0 radical (unpaired) electrons. The van der Waals surface area contributed by atoms with Gasteiger partial charge >= 0.3 is 0 Å². The smallest absolute Gasteiger partial charge is 0.234 e. The van der Waals surface area contributed by atoms with Crippen molar-refractivity contribution in [3.63, 3.8) is 0 Å². The van der Waals surface area contributed by atoms with Crippen molar-refractivity contribution < 1.29 is 9.59 Å². The summed E-state index contributed by atoms with van der Waals surface area (Å²) >= 11 is 5.93. The van der Waals surface area contributed by atoms with Gasteiger partial charge in [-0.3, -0.25) is 19.4 Å². The van der Waals surface area contributed by atoms with Crippen molar-refractivity contribution in [3.8, 4) is 0 Å². The van der Waals surface area contributed by atoms with Gasteiger partial charge in [-0.1, -0.05) is 54.1 Å². The van der Waals surface area contributed by atoms with E-state index < -0.39 is 0 Å². The molecule has 2 atom stereocenters. The fraction of sp³-hybridized carbons (Fsp3) is 0.333. The highest BCUT2D eigenvalue weighted by molar-refractivity contribution is 6.30. The third kappa shape index (κ3) is 3.39. The maximum absolute atomic E-state index is 12.7. The Balaban J connectivity index is 1.37. The van der Waals surface area contributed by atoms with Crippen molar-refractivity contribution in [3.05, 3.63) is 70.7 Å². The van der Waals surface area contributed by atoms with E-state index in [-0.39, 0.29) is 23.7 Å². The van der Waals surface area contributed by atoms with Gasteiger partial charge in [0.05, 0.1) is 11.8 Å². The zero-order valence-electron chi connectivity index (χ0n) is 14.5. The number of halogens is 1. The zero-order chi connectivity index (χ0) is 18.1. The summed E-state index contributed by atoms with van der Waals surface area (Å²) in [4.78, 5) is 29.1. The Morgan fingerprint density at radius 1 is 0.846 bits per heavy atom. The van der Waals surface area contributed by atoms with Crippen LogP contribution in [0.15, 0.2) is 54.6 Å². The van der Waals surface area contributed by atoms with Gasteiger partial charge in [0.1, 0.15) is 0 Å². The zero-order valence-corrected chi connectivity index (χ0v) is 15.2. The van der Waals surface area contributed by atoms with Gasteiger partial charge in [0.2, 0.25) is 11.8 Å². The van der Waals surface area contributed by atoms with Crippen LogP contribution in [0.3, 0.4) is 0 Å². The average molecular weight is 369 g/mol. The normalized spacial score (nSPS) is 22.9. The van der Waals surface area contributed by atoms with Gasteiger partial charge in [-0.2, -0.15) is 0 Å². The molecule has 0 aromatic heterocycles. The number of imide groups is 1. The Kier molecular flexibility index (Phi) is 4.79. The monoisotopic (exact) mass is 368 g/mol. The molecule has 134 valence electrons. The fourth-order valence-electron chi connectivity index (χ4n) is 3.98. The maximum Gasteiger partial charge on any atom is 0.234 e. The van der Waals surface area contributed by atoms with E-state index in [1.54, 1.807) is 0 Å². The third-order valence-corrected chi connectivity index (χ3v) is 5.60. The van der Waals surface area contributed by atoms with Crippen molar-refractivity contribution in [1.82, 2.24) is 9.80 Å². The van der Waals surface area contributed by atoms with E-state index in [4.69, 9.17) is 11.6 Å². The van der Waals surface area contributed by atoms with Gasteiger partial charge < -0.3 is 0 Å². The lowest BCUT2D eigenvalue weighted by molar-refractivity contribution is -0.140. The topological polar surface area (TPSA) is 40.6 Å². The molecule has 0 N–H and O–H groups in total. The summed E-state index contributed by atoms with van der Waals surface area (Å²) < 4.78 is 0. The molecule has 2 aliphatic heterocycles. The van der Waals surface area contributed by atoms with Crippen LogP contribution in [0.1, 0.15) is 11.1 Å². The summed E-state index contributed by atoms with van der Waals surface area (Å²) in [7, 11) is 0. The lowest BCUT2D eigenvalue weighted by atomic mass is 10.00. The first-order valence-electron chi connectivity index (χ1n) is 8.98. The number of rotatable bonds is 5. The summed E-state index contributed by atoms with van der Waals surface area (Å²) in [6.45, 7) is 2.53. The van der Waals surface area contributed by atoms with Crippen molar-refractivity contribution in [2.45, 2.75) is 13.0 Å². The number of nitrogens with zero attached hydrogens (tertiary/aromatic N) is 2. The molecule has 2 amide bonds. The van der Waals surface area contributed by atoms with Crippen LogP contribution in [0, 0.1) is 11.8 Å². The first kappa shape index (κ1) is 17.3. The van der Waals surface area contributed by atoms with Crippen LogP contribution in [0.25, 0.3) is 0 Å². The highest BCUT2D eigenvalue weighted by Crippen LogP contribution is 2.34. The number of hydrogen-bond donors (Lipinski definition) is 0. The van der Waals surface area contributed by atoms with E-state index >= 15 is 0 Å². The van der Waals surface area contributed by atoms with Gasteiger partial charge in [0, 0.05) is 31.2 Å². The van der Waals surface area contributed by atoms with Crippen molar-refractivity contribution in [2.24, 2.45) is 11.8 Å². The molecule has 2 aliphatic rings. The van der Waals surface area contributed by atoms with Crippen LogP contribution >= 0.6 is 11.6 Å². The molecule has 26 heavy (non-hydrogen) atoms. The van der Waals surface area contributed by atoms with Crippen LogP contribution < -0.4 is 0 Å². The Morgan fingerprint density at radius 2 is 1.46 bits per heavy atom. The lowest BCUT2D eigenvalue weighted by Gasteiger charge is -2.20. The number of carbonyl (C=O) groups is 2. The molecule has 2 heterocycles. The number of amides is 2. The SMILES string of the molecule is O=C1[C@H]2CN(Cc3ccc(Cl)cc3)C[C@H]2C(=O)N1CCc1ccccc1. The minimum atomic E-state index is -0.189. The summed E-state index contributed by atoms with van der Waals surface area (Å²) in [5.41, 5.74) is 2.30. The van der Waals surface area contributed by atoms with Crippen molar-refractivity contribution >= 4 is 23.4 Å². The molecule has 5 heteroatoms. The second kappa shape index (κ2) is 7.22. The van der Waals surface area contributed by atoms with Crippen molar-refractivity contribution in [1.29, 1.82) is 0 Å². The van der Waals surface area contributed by atoms with Gasteiger partial charge in [0.15, 0.2) is 0 Å². The molecule has 2 saturated heterocycles. The molecular weight excluding hydrogens is 348 g/mol. The highest BCUT2D eigenvalue weighted by Gasteiger charge is 2.51. The summed E-state index contributed by atoms with van der Waals surface area (Å²) in [5.74, 6) is -0.389. The van der Waals surface area contributed by atoms with Gasteiger partial charge in [-0.25, -0.2) is 0 Å². The first-order valence-corrected chi connectivity index (χ1v) is 9.35. The van der Waals surface area contributed by atoms with E-state index in [0.29, 0.717) is 31.1 Å².